The first-order chi connectivity index (χ1) is 13.7. The average Bonchev–Trinajstić information content (AvgIpc) is 3.26. The van der Waals surface area contributed by atoms with Gasteiger partial charge >= 0.3 is 0 Å². The number of anilines is 1. The molecule has 1 atom stereocenters. The number of aromatic nitrogens is 1. The Hall–Kier alpha value is -2.59. The van der Waals surface area contributed by atoms with Gasteiger partial charge in [0, 0.05) is 44.3 Å². The Balaban J connectivity index is 1.51. The zero-order valence-corrected chi connectivity index (χ0v) is 17.1. The molecule has 2 heterocycles. The highest BCUT2D eigenvalue weighted by Crippen LogP contribution is 2.34. The van der Waals surface area contributed by atoms with Crippen LogP contribution in [0.2, 0.25) is 0 Å². The minimum Gasteiger partial charge on any atom is -0.341 e. The number of thiophene rings is 1. The predicted octanol–water partition coefficient (Wildman–Crippen LogP) is 6.25. The van der Waals surface area contributed by atoms with Crippen LogP contribution in [-0.2, 0) is 19.4 Å². The maximum atomic E-state index is 13.0. The molecular formula is C24H24N2OS. The molecule has 1 aliphatic rings. The molecule has 2 aromatic heterocycles. The van der Waals surface area contributed by atoms with E-state index in [-0.39, 0.29) is 5.91 Å². The number of aryl methyl sites for hydroxylation is 1. The lowest BCUT2D eigenvalue weighted by atomic mass is 9.88. The fourth-order valence-corrected chi connectivity index (χ4v) is 5.78. The van der Waals surface area contributed by atoms with Crippen LogP contribution in [0.25, 0.3) is 21.8 Å². The van der Waals surface area contributed by atoms with Gasteiger partial charge in [-0.05, 0) is 61.9 Å². The molecule has 1 amide bonds. The highest BCUT2D eigenvalue weighted by atomic mass is 32.1. The summed E-state index contributed by atoms with van der Waals surface area (Å²) in [6.07, 6.45) is 3.30. The van der Waals surface area contributed by atoms with Crippen molar-refractivity contribution in [1.29, 1.82) is 0 Å². The Morgan fingerprint density at radius 3 is 2.86 bits per heavy atom. The van der Waals surface area contributed by atoms with Gasteiger partial charge in [0.1, 0.15) is 0 Å². The van der Waals surface area contributed by atoms with Gasteiger partial charge in [-0.3, -0.25) is 4.79 Å². The quantitative estimate of drug-likeness (QED) is 0.442. The second-order valence-corrected chi connectivity index (χ2v) is 8.81. The predicted molar refractivity (Wildman–Crippen MR) is 119 cm³/mol. The van der Waals surface area contributed by atoms with Crippen molar-refractivity contribution >= 4 is 44.7 Å². The molecule has 28 heavy (non-hydrogen) atoms. The third-order valence-electron chi connectivity index (χ3n) is 5.99. The summed E-state index contributed by atoms with van der Waals surface area (Å²) in [4.78, 5) is 14.4. The highest BCUT2D eigenvalue weighted by molar-refractivity contribution is 7.10. The third-order valence-corrected chi connectivity index (χ3v) is 7.04. The van der Waals surface area contributed by atoms with E-state index in [1.165, 1.54) is 38.7 Å². The Bertz CT molecular complexity index is 1200. The summed E-state index contributed by atoms with van der Waals surface area (Å²) in [6.45, 7) is 5.39. The number of nitrogens with zero attached hydrogens (tertiary/aromatic N) is 1. The largest absolute Gasteiger partial charge is 0.341 e. The van der Waals surface area contributed by atoms with E-state index in [1.807, 2.05) is 11.4 Å². The Kier molecular flexibility index (Phi) is 4.24. The van der Waals surface area contributed by atoms with E-state index < -0.39 is 0 Å². The normalized spacial score (nSPS) is 16.4. The number of amides is 1. The number of para-hydroxylation sites is 1. The minimum atomic E-state index is 0.0191. The number of carbonyl (C=O) groups excluding carboxylic acids is 1. The summed E-state index contributed by atoms with van der Waals surface area (Å²) in [5, 5.41) is 7.61. The molecule has 4 aromatic rings. The van der Waals surface area contributed by atoms with Crippen LogP contribution < -0.4 is 5.32 Å². The number of rotatable bonds is 3. The molecular weight excluding hydrogens is 364 g/mol. The number of hydrogen-bond acceptors (Lipinski definition) is 2. The van der Waals surface area contributed by atoms with Gasteiger partial charge in [-0.25, -0.2) is 0 Å². The molecule has 0 bridgehead atoms. The van der Waals surface area contributed by atoms with E-state index >= 15 is 0 Å². The zero-order valence-electron chi connectivity index (χ0n) is 16.3. The van der Waals surface area contributed by atoms with Crippen LogP contribution in [0.5, 0.6) is 0 Å². The first-order valence-corrected chi connectivity index (χ1v) is 10.9. The Morgan fingerprint density at radius 2 is 2.00 bits per heavy atom. The standard InChI is InChI=1S/C24H24N2OS/c1-3-26-21-7-5-4-6-17(21)19-13-16(9-11-22(19)26)25-24(27)20-14-28-23-12-15(2)8-10-18(20)23/h4-7,9,11,13-15H,3,8,10,12H2,1-2H3,(H,25,27). The number of fused-ring (bicyclic) bond motifs is 4. The van der Waals surface area contributed by atoms with Crippen molar-refractivity contribution in [2.24, 2.45) is 5.92 Å². The average molecular weight is 389 g/mol. The molecule has 5 rings (SSSR count). The van der Waals surface area contributed by atoms with Crippen LogP contribution in [-0.4, -0.2) is 10.5 Å². The monoisotopic (exact) mass is 388 g/mol. The molecule has 0 saturated carbocycles. The lowest BCUT2D eigenvalue weighted by Crippen LogP contribution is -2.16. The topological polar surface area (TPSA) is 34.0 Å². The second kappa shape index (κ2) is 6.78. The van der Waals surface area contributed by atoms with Gasteiger partial charge in [-0.15, -0.1) is 11.3 Å². The van der Waals surface area contributed by atoms with E-state index in [0.717, 1.165) is 36.6 Å². The lowest BCUT2D eigenvalue weighted by Gasteiger charge is -2.18. The van der Waals surface area contributed by atoms with Gasteiger partial charge in [0.2, 0.25) is 0 Å². The molecule has 0 fully saturated rings. The Morgan fingerprint density at radius 1 is 1.18 bits per heavy atom. The van der Waals surface area contributed by atoms with E-state index in [9.17, 15) is 4.79 Å². The van der Waals surface area contributed by atoms with Crippen molar-refractivity contribution in [3.8, 4) is 0 Å². The van der Waals surface area contributed by atoms with Crippen molar-refractivity contribution in [3.63, 3.8) is 0 Å². The summed E-state index contributed by atoms with van der Waals surface area (Å²) in [7, 11) is 0. The maximum Gasteiger partial charge on any atom is 0.256 e. The zero-order chi connectivity index (χ0) is 19.3. The smallest absolute Gasteiger partial charge is 0.256 e. The van der Waals surface area contributed by atoms with E-state index in [2.05, 4.69) is 60.1 Å². The van der Waals surface area contributed by atoms with Crippen molar-refractivity contribution in [2.45, 2.75) is 39.7 Å². The summed E-state index contributed by atoms with van der Waals surface area (Å²) in [5.41, 5.74) is 5.45. The fourth-order valence-electron chi connectivity index (χ4n) is 4.54. The minimum absolute atomic E-state index is 0.0191. The number of hydrogen-bond donors (Lipinski definition) is 1. The van der Waals surface area contributed by atoms with Gasteiger partial charge in [0.25, 0.3) is 5.91 Å². The van der Waals surface area contributed by atoms with Crippen LogP contribution in [0.3, 0.4) is 0 Å². The molecule has 142 valence electrons. The van der Waals surface area contributed by atoms with Crippen molar-refractivity contribution in [3.05, 3.63) is 63.8 Å². The van der Waals surface area contributed by atoms with E-state index in [0.29, 0.717) is 0 Å². The van der Waals surface area contributed by atoms with Crippen molar-refractivity contribution in [1.82, 2.24) is 4.57 Å². The van der Waals surface area contributed by atoms with Crippen LogP contribution >= 0.6 is 11.3 Å². The fraction of sp³-hybridized carbons (Fsp3) is 0.292. The van der Waals surface area contributed by atoms with Gasteiger partial charge in [-0.1, -0.05) is 25.1 Å². The van der Waals surface area contributed by atoms with E-state index in [4.69, 9.17) is 0 Å². The van der Waals surface area contributed by atoms with Crippen molar-refractivity contribution < 1.29 is 4.79 Å². The molecule has 4 heteroatoms. The number of nitrogens with one attached hydrogen (secondary N) is 1. The van der Waals surface area contributed by atoms with Gasteiger partial charge < -0.3 is 9.88 Å². The van der Waals surface area contributed by atoms with Crippen molar-refractivity contribution in [2.75, 3.05) is 5.32 Å². The Labute approximate surface area is 169 Å². The molecule has 3 nitrogen and oxygen atoms in total. The second-order valence-electron chi connectivity index (χ2n) is 7.85. The molecule has 0 saturated heterocycles. The SMILES string of the molecule is CCn1c2ccccc2c2cc(NC(=O)c3csc4c3CCC(C)C4)ccc21. The summed E-state index contributed by atoms with van der Waals surface area (Å²) < 4.78 is 2.33. The highest BCUT2D eigenvalue weighted by Gasteiger charge is 2.23. The van der Waals surface area contributed by atoms with Crippen LogP contribution in [0.4, 0.5) is 5.69 Å². The van der Waals surface area contributed by atoms with Crippen LogP contribution in [0.15, 0.2) is 47.8 Å². The molecule has 1 N–H and O–H groups in total. The van der Waals surface area contributed by atoms with E-state index in [1.54, 1.807) is 11.3 Å². The summed E-state index contributed by atoms with van der Waals surface area (Å²) >= 11 is 1.74. The lowest BCUT2D eigenvalue weighted by molar-refractivity contribution is 0.102. The number of carbonyl (C=O) groups is 1. The van der Waals surface area contributed by atoms with Gasteiger partial charge in [0.05, 0.1) is 5.56 Å². The van der Waals surface area contributed by atoms with Crippen LogP contribution in [0, 0.1) is 5.92 Å². The first-order valence-electron chi connectivity index (χ1n) is 10.1. The van der Waals surface area contributed by atoms with Crippen LogP contribution in [0.1, 0.15) is 41.1 Å². The van der Waals surface area contributed by atoms with Gasteiger partial charge in [-0.2, -0.15) is 0 Å². The summed E-state index contributed by atoms with van der Waals surface area (Å²) in [5.74, 6) is 0.742. The molecule has 0 aliphatic heterocycles. The third kappa shape index (κ3) is 2.75. The molecule has 1 unspecified atom stereocenters. The molecule has 0 spiro atoms. The van der Waals surface area contributed by atoms with Gasteiger partial charge in [0.15, 0.2) is 0 Å². The number of benzene rings is 2. The molecule has 2 aromatic carbocycles. The molecule has 0 radical (unpaired) electrons. The maximum absolute atomic E-state index is 13.0. The summed E-state index contributed by atoms with van der Waals surface area (Å²) in [6, 6.07) is 14.7. The first kappa shape index (κ1) is 17.5. The molecule has 1 aliphatic carbocycles.